The zero-order chi connectivity index (χ0) is 15.3. The predicted octanol–water partition coefficient (Wildman–Crippen LogP) is 2.55. The van der Waals surface area contributed by atoms with Crippen molar-refractivity contribution < 1.29 is 0 Å². The first-order valence-corrected chi connectivity index (χ1v) is 7.42. The molecule has 3 aromatic rings. The molecule has 0 amide bonds. The van der Waals surface area contributed by atoms with Gasteiger partial charge in [0.2, 0.25) is 0 Å². The zero-order valence-corrected chi connectivity index (χ0v) is 12.4. The van der Waals surface area contributed by atoms with E-state index >= 15 is 0 Å². The van der Waals surface area contributed by atoms with Crippen LogP contribution in [0.4, 0.5) is 0 Å². The number of para-hydroxylation sites is 1. The van der Waals surface area contributed by atoms with Gasteiger partial charge in [0.15, 0.2) is 0 Å². The van der Waals surface area contributed by atoms with Crippen molar-refractivity contribution in [3.63, 3.8) is 0 Å². The molecule has 4 nitrogen and oxygen atoms in total. The van der Waals surface area contributed by atoms with Crippen molar-refractivity contribution in [1.29, 1.82) is 0 Å². The summed E-state index contributed by atoms with van der Waals surface area (Å²) in [5.41, 5.74) is 9.43. The molecule has 2 N–H and O–H groups in total. The molecule has 0 atom stereocenters. The van der Waals surface area contributed by atoms with Crippen LogP contribution in [0.1, 0.15) is 18.4 Å². The molecule has 0 bridgehead atoms. The third kappa shape index (κ3) is 1.96. The number of aryl methyl sites for hydroxylation is 1. The minimum absolute atomic E-state index is 0.0143. The highest BCUT2D eigenvalue weighted by molar-refractivity contribution is 5.84. The molecule has 0 radical (unpaired) electrons. The lowest BCUT2D eigenvalue weighted by atomic mass is 10.0. The van der Waals surface area contributed by atoms with Gasteiger partial charge in [-0.3, -0.25) is 9.78 Å². The Hall–Kier alpha value is -2.46. The quantitative estimate of drug-likeness (QED) is 0.789. The Morgan fingerprint density at radius 1 is 1.18 bits per heavy atom. The van der Waals surface area contributed by atoms with E-state index in [9.17, 15) is 4.79 Å². The Morgan fingerprint density at radius 2 is 1.95 bits per heavy atom. The fraction of sp³-hybridized carbons (Fsp3) is 0.222. The van der Waals surface area contributed by atoms with Crippen LogP contribution in [0.2, 0.25) is 0 Å². The second-order valence-corrected chi connectivity index (χ2v) is 6.10. The first-order chi connectivity index (χ1) is 10.6. The van der Waals surface area contributed by atoms with Gasteiger partial charge in [-0.1, -0.05) is 18.2 Å². The number of nitrogens with two attached hydrogens (primary N) is 1. The molecule has 110 valence electrons. The highest BCUT2D eigenvalue weighted by Crippen LogP contribution is 2.43. The summed E-state index contributed by atoms with van der Waals surface area (Å²) in [7, 11) is 1.80. The molecule has 2 heterocycles. The van der Waals surface area contributed by atoms with Crippen LogP contribution in [0, 0.1) is 0 Å². The zero-order valence-electron chi connectivity index (χ0n) is 12.4. The van der Waals surface area contributed by atoms with E-state index < -0.39 is 0 Å². The van der Waals surface area contributed by atoms with E-state index in [0.29, 0.717) is 5.56 Å². The second kappa shape index (κ2) is 4.52. The van der Waals surface area contributed by atoms with Crippen LogP contribution in [0.15, 0.2) is 53.6 Å². The van der Waals surface area contributed by atoms with Gasteiger partial charge >= 0.3 is 0 Å². The molecule has 0 spiro atoms. The molecule has 1 aliphatic carbocycles. The largest absolute Gasteiger partial charge is 0.321 e. The van der Waals surface area contributed by atoms with Gasteiger partial charge in [-0.15, -0.1) is 0 Å². The maximum atomic E-state index is 12.7. The molecular formula is C18H17N3O. The van der Waals surface area contributed by atoms with E-state index in [2.05, 4.69) is 4.98 Å². The monoisotopic (exact) mass is 291 g/mol. The van der Waals surface area contributed by atoms with E-state index in [1.54, 1.807) is 17.8 Å². The molecule has 1 fully saturated rings. The topological polar surface area (TPSA) is 60.9 Å². The summed E-state index contributed by atoms with van der Waals surface area (Å²) in [5.74, 6) is 0. The molecule has 1 saturated carbocycles. The van der Waals surface area contributed by atoms with Gasteiger partial charge in [0.05, 0.1) is 5.52 Å². The number of pyridine rings is 2. The van der Waals surface area contributed by atoms with Crippen LogP contribution < -0.4 is 11.3 Å². The Balaban J connectivity index is 1.95. The summed E-state index contributed by atoms with van der Waals surface area (Å²) in [6.45, 7) is 0. The first-order valence-electron chi connectivity index (χ1n) is 7.42. The average molecular weight is 291 g/mol. The Kier molecular flexibility index (Phi) is 2.71. The van der Waals surface area contributed by atoms with Crippen molar-refractivity contribution >= 4 is 10.9 Å². The lowest BCUT2D eigenvalue weighted by Crippen LogP contribution is -2.21. The summed E-state index contributed by atoms with van der Waals surface area (Å²) in [4.78, 5) is 17.0. The van der Waals surface area contributed by atoms with Gasteiger partial charge in [0.25, 0.3) is 5.56 Å². The maximum absolute atomic E-state index is 12.7. The van der Waals surface area contributed by atoms with Crippen molar-refractivity contribution in [2.24, 2.45) is 12.8 Å². The number of benzene rings is 1. The van der Waals surface area contributed by atoms with Crippen molar-refractivity contribution in [1.82, 2.24) is 9.55 Å². The number of fused-ring (bicyclic) bond motifs is 1. The molecular weight excluding hydrogens is 274 g/mol. The minimum atomic E-state index is -0.245. The maximum Gasteiger partial charge on any atom is 0.258 e. The molecule has 1 aliphatic rings. The molecule has 22 heavy (non-hydrogen) atoms. The van der Waals surface area contributed by atoms with E-state index in [0.717, 1.165) is 34.9 Å². The lowest BCUT2D eigenvalue weighted by Gasteiger charge is -2.12. The number of hydrogen-bond donors (Lipinski definition) is 1. The summed E-state index contributed by atoms with van der Waals surface area (Å²) in [6.07, 6.45) is 5.50. The first kappa shape index (κ1) is 13.2. The van der Waals surface area contributed by atoms with Crippen LogP contribution in [0.5, 0.6) is 0 Å². The van der Waals surface area contributed by atoms with E-state index in [1.165, 1.54) is 0 Å². The van der Waals surface area contributed by atoms with Crippen LogP contribution in [0.25, 0.3) is 22.0 Å². The molecule has 0 unspecified atom stereocenters. The summed E-state index contributed by atoms with van der Waals surface area (Å²) >= 11 is 0. The van der Waals surface area contributed by atoms with Crippen LogP contribution in [-0.2, 0) is 12.6 Å². The molecule has 4 rings (SSSR count). The standard InChI is InChI=1S/C18H17N3O/c1-21-16-5-3-2-4-12(16)9-15(17(21)22)13-8-14(11-20-10-13)18(19)6-7-18/h2-5,8-11H,6-7,19H2,1H3. The van der Waals surface area contributed by atoms with E-state index in [-0.39, 0.29) is 11.1 Å². The van der Waals surface area contributed by atoms with Gasteiger partial charge in [-0.25, -0.2) is 0 Å². The summed E-state index contributed by atoms with van der Waals surface area (Å²) in [5, 5.41) is 1.04. The van der Waals surface area contributed by atoms with Gasteiger partial charge < -0.3 is 10.3 Å². The third-order valence-electron chi connectivity index (χ3n) is 4.55. The fourth-order valence-electron chi connectivity index (χ4n) is 2.91. The van der Waals surface area contributed by atoms with Gasteiger partial charge in [0, 0.05) is 36.1 Å². The molecule has 0 saturated heterocycles. The molecule has 4 heteroatoms. The van der Waals surface area contributed by atoms with Gasteiger partial charge in [-0.05, 0) is 42.0 Å². The van der Waals surface area contributed by atoms with Crippen molar-refractivity contribution in [3.8, 4) is 11.1 Å². The highest BCUT2D eigenvalue weighted by atomic mass is 16.1. The smallest absolute Gasteiger partial charge is 0.258 e. The van der Waals surface area contributed by atoms with E-state index in [4.69, 9.17) is 5.73 Å². The second-order valence-electron chi connectivity index (χ2n) is 6.10. The van der Waals surface area contributed by atoms with Gasteiger partial charge in [0.1, 0.15) is 0 Å². The Bertz CT molecular complexity index is 938. The van der Waals surface area contributed by atoms with E-state index in [1.807, 2.05) is 42.6 Å². The molecule has 1 aromatic carbocycles. The minimum Gasteiger partial charge on any atom is -0.321 e. The Morgan fingerprint density at radius 3 is 2.73 bits per heavy atom. The number of hydrogen-bond acceptors (Lipinski definition) is 3. The number of aromatic nitrogens is 2. The normalized spacial score (nSPS) is 15.9. The van der Waals surface area contributed by atoms with Crippen LogP contribution >= 0.6 is 0 Å². The SMILES string of the molecule is Cn1c(=O)c(-c2cncc(C3(N)CC3)c2)cc2ccccc21. The Labute approximate surface area is 128 Å². The third-order valence-corrected chi connectivity index (χ3v) is 4.55. The average Bonchev–Trinajstić information content (AvgIpc) is 3.30. The van der Waals surface area contributed by atoms with Crippen LogP contribution in [-0.4, -0.2) is 9.55 Å². The fourth-order valence-corrected chi connectivity index (χ4v) is 2.91. The number of rotatable bonds is 2. The van der Waals surface area contributed by atoms with Crippen molar-refractivity contribution in [2.45, 2.75) is 18.4 Å². The number of nitrogens with zero attached hydrogens (tertiary/aromatic N) is 2. The summed E-state index contributed by atoms with van der Waals surface area (Å²) in [6, 6.07) is 11.8. The lowest BCUT2D eigenvalue weighted by molar-refractivity contribution is 0.735. The van der Waals surface area contributed by atoms with Crippen LogP contribution in [0.3, 0.4) is 0 Å². The van der Waals surface area contributed by atoms with Crippen molar-refractivity contribution in [3.05, 3.63) is 64.7 Å². The molecule has 2 aromatic heterocycles. The highest BCUT2D eigenvalue weighted by Gasteiger charge is 2.40. The molecule has 0 aliphatic heterocycles. The predicted molar refractivity (Wildman–Crippen MR) is 87.5 cm³/mol. The summed E-state index contributed by atoms with van der Waals surface area (Å²) < 4.78 is 1.69. The van der Waals surface area contributed by atoms with Gasteiger partial charge in [-0.2, -0.15) is 0 Å². The van der Waals surface area contributed by atoms with Crippen molar-refractivity contribution in [2.75, 3.05) is 0 Å².